The zero-order chi connectivity index (χ0) is 14.7. The third-order valence-corrected chi connectivity index (χ3v) is 4.92. The molecule has 1 aromatic carbocycles. The van der Waals surface area contributed by atoms with Gasteiger partial charge in [0.25, 0.3) is 0 Å². The summed E-state index contributed by atoms with van der Waals surface area (Å²) in [6.07, 6.45) is 0. The number of rotatable bonds is 3. The summed E-state index contributed by atoms with van der Waals surface area (Å²) < 4.78 is 11.3. The molecule has 3 N–H and O–H groups in total. The lowest BCUT2D eigenvalue weighted by Crippen LogP contribution is -2.48. The number of hydrogen-bond acceptors (Lipinski definition) is 4. The lowest BCUT2D eigenvalue weighted by molar-refractivity contribution is -0.120. The Kier molecular flexibility index (Phi) is 4.77. The van der Waals surface area contributed by atoms with Crippen molar-refractivity contribution in [2.24, 2.45) is 0 Å². The molecule has 5 nitrogen and oxygen atoms in total. The molecule has 1 atom stereocenters. The van der Waals surface area contributed by atoms with Crippen molar-refractivity contribution >= 4 is 28.1 Å². The largest absolute Gasteiger partial charge is 0.399 e. The molecular formula is C14H21N3O2S. The summed E-state index contributed by atoms with van der Waals surface area (Å²) in [5.41, 5.74) is 8.12. The molecule has 0 bridgehead atoms. The number of carbonyl (C=O) groups is 1. The van der Waals surface area contributed by atoms with E-state index < -0.39 is 10.8 Å². The van der Waals surface area contributed by atoms with E-state index in [1.807, 2.05) is 26.0 Å². The quantitative estimate of drug-likeness (QED) is 0.815. The highest BCUT2D eigenvalue weighted by Gasteiger charge is 2.25. The van der Waals surface area contributed by atoms with E-state index in [-0.39, 0.29) is 11.9 Å². The number of nitrogen functional groups attached to an aromatic ring is 1. The fraction of sp³-hybridized carbons (Fsp3) is 0.500. The van der Waals surface area contributed by atoms with Crippen LogP contribution in [0.3, 0.4) is 0 Å². The molecule has 110 valence electrons. The van der Waals surface area contributed by atoms with Crippen molar-refractivity contribution in [3.05, 3.63) is 23.8 Å². The Morgan fingerprint density at radius 1 is 1.40 bits per heavy atom. The van der Waals surface area contributed by atoms with Crippen molar-refractivity contribution in [1.29, 1.82) is 0 Å². The Morgan fingerprint density at radius 2 is 2.05 bits per heavy atom. The fourth-order valence-electron chi connectivity index (χ4n) is 2.27. The average Bonchev–Trinajstić information content (AvgIpc) is 2.42. The maximum absolute atomic E-state index is 12.3. The number of nitrogens with two attached hydrogens (primary N) is 1. The van der Waals surface area contributed by atoms with Crippen LogP contribution in [-0.4, -0.2) is 45.7 Å². The van der Waals surface area contributed by atoms with Crippen LogP contribution in [0.15, 0.2) is 18.2 Å². The number of hydrogen-bond donors (Lipinski definition) is 2. The van der Waals surface area contributed by atoms with Crippen LogP contribution in [0.4, 0.5) is 11.4 Å². The second kappa shape index (κ2) is 6.37. The Labute approximate surface area is 122 Å². The van der Waals surface area contributed by atoms with Crippen LogP contribution in [-0.2, 0) is 15.6 Å². The molecule has 1 amide bonds. The molecule has 1 aliphatic heterocycles. The lowest BCUT2D eigenvalue weighted by Gasteiger charge is -2.31. The summed E-state index contributed by atoms with van der Waals surface area (Å²) >= 11 is 0. The summed E-state index contributed by atoms with van der Waals surface area (Å²) in [4.78, 5) is 14.3. The predicted molar refractivity (Wildman–Crippen MR) is 83.1 cm³/mol. The molecule has 1 unspecified atom stereocenters. The molecule has 0 saturated carbocycles. The van der Waals surface area contributed by atoms with Crippen LogP contribution < -0.4 is 11.1 Å². The molecule has 0 aromatic heterocycles. The molecule has 1 fully saturated rings. The first-order chi connectivity index (χ1) is 9.47. The minimum absolute atomic E-state index is 0.0365. The van der Waals surface area contributed by atoms with Crippen molar-refractivity contribution in [3.8, 4) is 0 Å². The van der Waals surface area contributed by atoms with E-state index in [2.05, 4.69) is 10.2 Å². The van der Waals surface area contributed by atoms with Gasteiger partial charge < -0.3 is 11.1 Å². The second-order valence-electron chi connectivity index (χ2n) is 5.12. The molecule has 2 rings (SSSR count). The standard InChI is InChI=1S/C14H21N3O2S/c1-10-9-12(15)3-4-13(10)16-14(18)11(2)17-5-7-20(19)8-6-17/h3-4,9,11H,5-8,15H2,1-2H3,(H,16,18). The minimum Gasteiger partial charge on any atom is -0.399 e. The normalized spacial score (nSPS) is 18.7. The van der Waals surface area contributed by atoms with E-state index in [1.54, 1.807) is 6.07 Å². The van der Waals surface area contributed by atoms with Gasteiger partial charge in [-0.1, -0.05) is 0 Å². The summed E-state index contributed by atoms with van der Waals surface area (Å²) in [6.45, 7) is 5.22. The van der Waals surface area contributed by atoms with Gasteiger partial charge in [0.15, 0.2) is 0 Å². The summed E-state index contributed by atoms with van der Waals surface area (Å²) in [6, 6.07) is 5.21. The number of nitrogens with one attached hydrogen (secondary N) is 1. The zero-order valence-corrected chi connectivity index (χ0v) is 12.7. The van der Waals surface area contributed by atoms with Gasteiger partial charge in [0, 0.05) is 46.8 Å². The zero-order valence-electron chi connectivity index (χ0n) is 11.9. The number of carbonyl (C=O) groups excluding carboxylic acids is 1. The molecule has 1 aliphatic rings. The smallest absolute Gasteiger partial charge is 0.241 e. The first-order valence-corrected chi connectivity index (χ1v) is 8.22. The number of anilines is 2. The highest BCUT2D eigenvalue weighted by molar-refractivity contribution is 7.85. The van der Waals surface area contributed by atoms with E-state index in [9.17, 15) is 9.00 Å². The summed E-state index contributed by atoms with van der Waals surface area (Å²) in [7, 11) is -0.722. The Morgan fingerprint density at radius 3 is 2.65 bits per heavy atom. The highest BCUT2D eigenvalue weighted by atomic mass is 32.2. The van der Waals surface area contributed by atoms with Crippen molar-refractivity contribution in [2.75, 3.05) is 35.6 Å². The summed E-state index contributed by atoms with van der Waals surface area (Å²) in [5, 5.41) is 2.93. The molecule has 0 aliphatic carbocycles. The molecular weight excluding hydrogens is 274 g/mol. The topological polar surface area (TPSA) is 75.4 Å². The maximum atomic E-state index is 12.3. The van der Waals surface area contributed by atoms with E-state index in [0.29, 0.717) is 30.3 Å². The van der Waals surface area contributed by atoms with Gasteiger partial charge in [-0.05, 0) is 37.6 Å². The van der Waals surface area contributed by atoms with Gasteiger partial charge in [0.1, 0.15) is 0 Å². The van der Waals surface area contributed by atoms with Crippen LogP contribution in [0.1, 0.15) is 12.5 Å². The first-order valence-electron chi connectivity index (χ1n) is 6.73. The van der Waals surface area contributed by atoms with Crippen molar-refractivity contribution in [1.82, 2.24) is 4.90 Å². The SMILES string of the molecule is Cc1cc(N)ccc1NC(=O)C(C)N1CCS(=O)CC1. The van der Waals surface area contributed by atoms with Crippen LogP contribution in [0.25, 0.3) is 0 Å². The summed E-state index contributed by atoms with van der Waals surface area (Å²) in [5.74, 6) is 1.27. The van der Waals surface area contributed by atoms with Gasteiger partial charge >= 0.3 is 0 Å². The lowest BCUT2D eigenvalue weighted by atomic mass is 10.1. The van der Waals surface area contributed by atoms with Crippen molar-refractivity contribution in [2.45, 2.75) is 19.9 Å². The molecule has 6 heteroatoms. The van der Waals surface area contributed by atoms with Gasteiger partial charge in [-0.2, -0.15) is 0 Å². The highest BCUT2D eigenvalue weighted by Crippen LogP contribution is 2.18. The van der Waals surface area contributed by atoms with Crippen LogP contribution in [0.2, 0.25) is 0 Å². The third kappa shape index (κ3) is 3.58. The van der Waals surface area contributed by atoms with Gasteiger partial charge in [0.2, 0.25) is 5.91 Å². The fourth-order valence-corrected chi connectivity index (χ4v) is 3.35. The average molecular weight is 295 g/mol. The van der Waals surface area contributed by atoms with Gasteiger partial charge in [0.05, 0.1) is 6.04 Å². The number of amides is 1. The first kappa shape index (κ1) is 15.0. The molecule has 1 aromatic rings. The van der Waals surface area contributed by atoms with Crippen LogP contribution in [0.5, 0.6) is 0 Å². The maximum Gasteiger partial charge on any atom is 0.241 e. The number of benzene rings is 1. The molecule has 1 heterocycles. The minimum atomic E-state index is -0.722. The van der Waals surface area contributed by atoms with Crippen LogP contribution >= 0.6 is 0 Å². The van der Waals surface area contributed by atoms with Crippen molar-refractivity contribution in [3.63, 3.8) is 0 Å². The van der Waals surface area contributed by atoms with Crippen molar-refractivity contribution < 1.29 is 9.00 Å². The Bertz CT molecular complexity index is 523. The molecule has 1 saturated heterocycles. The number of aryl methyl sites for hydroxylation is 1. The van der Waals surface area contributed by atoms with Crippen LogP contribution in [0, 0.1) is 6.92 Å². The Hall–Kier alpha value is -1.40. The third-order valence-electron chi connectivity index (χ3n) is 3.65. The second-order valence-corrected chi connectivity index (χ2v) is 6.82. The monoisotopic (exact) mass is 295 g/mol. The molecule has 20 heavy (non-hydrogen) atoms. The van der Waals surface area contributed by atoms with E-state index in [1.165, 1.54) is 0 Å². The van der Waals surface area contributed by atoms with Gasteiger partial charge in [-0.25, -0.2) is 0 Å². The van der Waals surface area contributed by atoms with Gasteiger partial charge in [-0.15, -0.1) is 0 Å². The molecule has 0 radical (unpaired) electrons. The predicted octanol–water partition coefficient (Wildman–Crippen LogP) is 0.969. The Balaban J connectivity index is 1.98. The molecule has 0 spiro atoms. The number of nitrogens with zero attached hydrogens (tertiary/aromatic N) is 1. The van der Waals surface area contributed by atoms with E-state index in [4.69, 9.17) is 5.73 Å². The van der Waals surface area contributed by atoms with E-state index >= 15 is 0 Å². The van der Waals surface area contributed by atoms with Gasteiger partial charge in [-0.3, -0.25) is 13.9 Å². The van der Waals surface area contributed by atoms with E-state index in [0.717, 1.165) is 11.3 Å².